The number of nitrogens with zero attached hydrogens (tertiary/aromatic N) is 2. The minimum atomic E-state index is -1.10. The van der Waals surface area contributed by atoms with Crippen LogP contribution in [0, 0.1) is 0 Å². The van der Waals surface area contributed by atoms with Crippen LogP contribution in [0.2, 0.25) is 0 Å². The van der Waals surface area contributed by atoms with Crippen LogP contribution in [-0.2, 0) is 6.54 Å². The lowest BCUT2D eigenvalue weighted by Crippen LogP contribution is -2.41. The highest BCUT2D eigenvalue weighted by Gasteiger charge is 2.13. The molecule has 0 saturated heterocycles. The predicted octanol–water partition coefficient (Wildman–Crippen LogP) is 0.531. The molecule has 7 nitrogen and oxygen atoms in total. The van der Waals surface area contributed by atoms with E-state index in [1.807, 2.05) is 0 Å². The highest BCUT2D eigenvalue weighted by Crippen LogP contribution is 2.09. The number of hydrogen-bond acceptors (Lipinski definition) is 5. The highest BCUT2D eigenvalue weighted by molar-refractivity contribution is 7.09. The highest BCUT2D eigenvalue weighted by atomic mass is 32.1. The quantitative estimate of drug-likeness (QED) is 0.634. The van der Waals surface area contributed by atoms with Crippen molar-refractivity contribution in [3.05, 3.63) is 28.7 Å². The average molecular weight is 285 g/mol. The van der Waals surface area contributed by atoms with Gasteiger partial charge in [-0.15, -0.1) is 17.9 Å². The van der Waals surface area contributed by atoms with Gasteiger partial charge in [-0.3, -0.25) is 0 Å². The molecular formula is C11H15N3O4S. The van der Waals surface area contributed by atoms with E-state index >= 15 is 0 Å². The normalized spacial score (nSPS) is 9.95. The molecule has 1 aromatic heterocycles. The fourth-order valence-corrected chi connectivity index (χ4v) is 2.01. The van der Waals surface area contributed by atoms with Gasteiger partial charge in [0.2, 0.25) is 0 Å². The van der Waals surface area contributed by atoms with Gasteiger partial charge in [-0.05, 0) is 0 Å². The van der Waals surface area contributed by atoms with E-state index in [4.69, 9.17) is 10.2 Å². The summed E-state index contributed by atoms with van der Waals surface area (Å²) in [5.74, 6) is -1.10. The molecule has 0 aromatic carbocycles. The number of nitrogens with one attached hydrogen (secondary N) is 1. The first kappa shape index (κ1) is 15.1. The van der Waals surface area contributed by atoms with Gasteiger partial charge in [0.15, 0.2) is 5.69 Å². The van der Waals surface area contributed by atoms with E-state index in [-0.39, 0.29) is 31.4 Å². The van der Waals surface area contributed by atoms with Crippen LogP contribution in [0.5, 0.6) is 0 Å². The second kappa shape index (κ2) is 7.49. The van der Waals surface area contributed by atoms with Crippen LogP contribution in [0.15, 0.2) is 18.0 Å². The van der Waals surface area contributed by atoms with E-state index in [0.717, 1.165) is 11.3 Å². The van der Waals surface area contributed by atoms with Gasteiger partial charge in [0.25, 0.3) is 0 Å². The van der Waals surface area contributed by atoms with Gasteiger partial charge in [-0.25, -0.2) is 14.6 Å². The second-order valence-electron chi connectivity index (χ2n) is 3.55. The van der Waals surface area contributed by atoms with E-state index in [0.29, 0.717) is 11.6 Å². The molecule has 0 bridgehead atoms. The number of carboxylic acid groups (broad SMARTS) is 1. The number of carbonyl (C=O) groups excluding carboxylic acids is 1. The van der Waals surface area contributed by atoms with E-state index < -0.39 is 5.97 Å². The predicted molar refractivity (Wildman–Crippen MR) is 70.2 cm³/mol. The molecule has 1 heterocycles. The number of hydrogen-bond donors (Lipinski definition) is 3. The summed E-state index contributed by atoms with van der Waals surface area (Å²) < 4.78 is 0. The molecular weight excluding hydrogens is 270 g/mol. The smallest absolute Gasteiger partial charge is 0.355 e. The standard InChI is InChI=1S/C11H15N3O4S/c1-2-3-14(4-5-15)11(18)12-6-9-13-8(7-19-9)10(16)17/h2,7,15H,1,3-6H2,(H,12,18)(H,16,17). The number of thiazole rings is 1. The number of aromatic nitrogens is 1. The van der Waals surface area contributed by atoms with Gasteiger partial charge in [0.05, 0.1) is 13.2 Å². The molecule has 19 heavy (non-hydrogen) atoms. The van der Waals surface area contributed by atoms with Crippen molar-refractivity contribution in [3.63, 3.8) is 0 Å². The van der Waals surface area contributed by atoms with Crippen LogP contribution in [0.3, 0.4) is 0 Å². The topological polar surface area (TPSA) is 103 Å². The number of aliphatic hydroxyl groups is 1. The molecule has 2 amide bonds. The van der Waals surface area contributed by atoms with E-state index in [1.54, 1.807) is 6.08 Å². The number of amides is 2. The Morgan fingerprint density at radius 2 is 2.32 bits per heavy atom. The molecule has 0 aliphatic carbocycles. The Kier molecular flexibility index (Phi) is 5.97. The number of carboxylic acids is 1. The van der Waals surface area contributed by atoms with Crippen molar-refractivity contribution < 1.29 is 19.8 Å². The maximum atomic E-state index is 11.8. The average Bonchev–Trinajstić information content (AvgIpc) is 2.84. The number of rotatable bonds is 7. The number of urea groups is 1. The van der Waals surface area contributed by atoms with Crippen LogP contribution in [0.25, 0.3) is 0 Å². The largest absolute Gasteiger partial charge is 0.476 e. The van der Waals surface area contributed by atoms with Gasteiger partial charge >= 0.3 is 12.0 Å². The molecule has 0 aliphatic heterocycles. The molecule has 0 saturated carbocycles. The first-order chi connectivity index (χ1) is 9.08. The molecule has 1 aromatic rings. The lowest BCUT2D eigenvalue weighted by Gasteiger charge is -2.19. The Morgan fingerprint density at radius 3 is 2.84 bits per heavy atom. The molecule has 0 radical (unpaired) electrons. The fourth-order valence-electron chi connectivity index (χ4n) is 1.31. The maximum Gasteiger partial charge on any atom is 0.355 e. The molecule has 1 rings (SSSR count). The first-order valence-corrected chi connectivity index (χ1v) is 6.38. The number of aromatic carboxylic acids is 1. The van der Waals surface area contributed by atoms with Crippen molar-refractivity contribution in [3.8, 4) is 0 Å². The van der Waals surface area contributed by atoms with Gasteiger partial charge in [-0.1, -0.05) is 6.08 Å². The van der Waals surface area contributed by atoms with Crippen LogP contribution in [0.4, 0.5) is 4.79 Å². The minimum Gasteiger partial charge on any atom is -0.476 e. The van der Waals surface area contributed by atoms with Crippen LogP contribution < -0.4 is 5.32 Å². The molecule has 0 spiro atoms. The van der Waals surface area contributed by atoms with Gasteiger partial charge in [0.1, 0.15) is 5.01 Å². The Bertz CT molecular complexity index is 461. The van der Waals surface area contributed by atoms with Gasteiger partial charge in [-0.2, -0.15) is 0 Å². The SMILES string of the molecule is C=CCN(CCO)C(=O)NCc1nc(C(=O)O)cs1. The summed E-state index contributed by atoms with van der Waals surface area (Å²) in [6.45, 7) is 4.07. The lowest BCUT2D eigenvalue weighted by molar-refractivity contribution is 0.0691. The summed E-state index contributed by atoms with van der Waals surface area (Å²) in [6.07, 6.45) is 1.56. The third-order valence-electron chi connectivity index (χ3n) is 2.17. The maximum absolute atomic E-state index is 11.8. The molecule has 0 fully saturated rings. The summed E-state index contributed by atoms with van der Waals surface area (Å²) in [7, 11) is 0. The third kappa shape index (κ3) is 4.68. The molecule has 0 aliphatic rings. The second-order valence-corrected chi connectivity index (χ2v) is 4.49. The van der Waals surface area contributed by atoms with E-state index in [1.165, 1.54) is 10.3 Å². The Morgan fingerprint density at radius 1 is 1.58 bits per heavy atom. The van der Waals surface area contributed by atoms with Crippen molar-refractivity contribution in [2.24, 2.45) is 0 Å². The number of aliphatic hydroxyl groups excluding tert-OH is 1. The summed E-state index contributed by atoms with van der Waals surface area (Å²) in [5, 5.41) is 22.1. The van der Waals surface area contributed by atoms with Gasteiger partial charge in [0, 0.05) is 18.5 Å². The lowest BCUT2D eigenvalue weighted by atomic mass is 10.5. The van der Waals surface area contributed by atoms with E-state index in [2.05, 4.69) is 16.9 Å². The molecule has 104 valence electrons. The summed E-state index contributed by atoms with van der Waals surface area (Å²) in [4.78, 5) is 27.6. The van der Waals surface area contributed by atoms with Crippen molar-refractivity contribution in [1.29, 1.82) is 0 Å². The Labute approximate surface area is 114 Å². The van der Waals surface area contributed by atoms with Crippen molar-refractivity contribution >= 4 is 23.3 Å². The Balaban J connectivity index is 2.51. The zero-order chi connectivity index (χ0) is 14.3. The number of carbonyl (C=O) groups is 2. The molecule has 0 unspecified atom stereocenters. The first-order valence-electron chi connectivity index (χ1n) is 5.50. The van der Waals surface area contributed by atoms with Crippen LogP contribution >= 0.6 is 11.3 Å². The molecule has 0 atom stereocenters. The zero-order valence-corrected chi connectivity index (χ0v) is 11.0. The molecule has 8 heteroatoms. The monoisotopic (exact) mass is 285 g/mol. The van der Waals surface area contributed by atoms with Crippen LogP contribution in [0.1, 0.15) is 15.5 Å². The summed E-state index contributed by atoms with van der Waals surface area (Å²) in [5.41, 5.74) is -0.0347. The van der Waals surface area contributed by atoms with Crippen molar-refractivity contribution in [1.82, 2.24) is 15.2 Å². The Hall–Kier alpha value is -1.93. The fraction of sp³-hybridized carbons (Fsp3) is 0.364. The summed E-state index contributed by atoms with van der Waals surface area (Å²) in [6, 6.07) is -0.360. The van der Waals surface area contributed by atoms with Gasteiger partial charge < -0.3 is 20.4 Å². The summed E-state index contributed by atoms with van der Waals surface area (Å²) >= 11 is 1.16. The van der Waals surface area contributed by atoms with Crippen LogP contribution in [-0.4, -0.2) is 51.8 Å². The minimum absolute atomic E-state index is 0.0347. The van der Waals surface area contributed by atoms with Crippen molar-refractivity contribution in [2.75, 3.05) is 19.7 Å². The third-order valence-corrected chi connectivity index (χ3v) is 3.02. The zero-order valence-electron chi connectivity index (χ0n) is 10.2. The molecule has 3 N–H and O–H groups in total. The van der Waals surface area contributed by atoms with E-state index in [9.17, 15) is 9.59 Å². The van der Waals surface area contributed by atoms with Crippen molar-refractivity contribution in [2.45, 2.75) is 6.54 Å².